The first-order valence-corrected chi connectivity index (χ1v) is 7.31. The highest BCUT2D eigenvalue weighted by atomic mass is 16.4. The molecular formula is C16H20N3O2+. The van der Waals surface area contributed by atoms with Crippen LogP contribution < -0.4 is 10.2 Å². The highest BCUT2D eigenvalue weighted by Gasteiger charge is 2.24. The van der Waals surface area contributed by atoms with E-state index in [-0.39, 0.29) is 5.91 Å². The van der Waals surface area contributed by atoms with Crippen molar-refractivity contribution < 1.29 is 14.1 Å². The molecule has 5 nitrogen and oxygen atoms in total. The van der Waals surface area contributed by atoms with Crippen LogP contribution in [0, 0.1) is 0 Å². The van der Waals surface area contributed by atoms with Gasteiger partial charge in [-0.15, -0.1) is 0 Å². The van der Waals surface area contributed by atoms with Crippen LogP contribution in [0.1, 0.15) is 18.7 Å². The molecular weight excluding hydrogens is 266 g/mol. The molecule has 1 heterocycles. The lowest BCUT2D eigenvalue weighted by molar-refractivity contribution is -0.886. The Morgan fingerprint density at radius 1 is 1.38 bits per heavy atom. The van der Waals surface area contributed by atoms with Gasteiger partial charge in [0.05, 0.1) is 13.2 Å². The van der Waals surface area contributed by atoms with Crippen LogP contribution in [-0.2, 0) is 11.3 Å². The molecule has 1 amide bonds. The lowest BCUT2D eigenvalue weighted by Gasteiger charge is -2.11. The molecule has 1 aliphatic carbocycles. The number of quaternary nitrogens is 1. The molecule has 1 fully saturated rings. The molecule has 2 N–H and O–H groups in total. The third-order valence-corrected chi connectivity index (χ3v) is 3.47. The van der Waals surface area contributed by atoms with Gasteiger partial charge in [0.2, 0.25) is 0 Å². The van der Waals surface area contributed by atoms with E-state index in [9.17, 15) is 4.79 Å². The van der Waals surface area contributed by atoms with E-state index < -0.39 is 0 Å². The third kappa shape index (κ3) is 3.92. The monoisotopic (exact) mass is 286 g/mol. The summed E-state index contributed by atoms with van der Waals surface area (Å²) in [5.41, 5.74) is 1.01. The summed E-state index contributed by atoms with van der Waals surface area (Å²) in [5, 5.41) is 2.99. The minimum Gasteiger partial charge on any atom is -0.435 e. The summed E-state index contributed by atoms with van der Waals surface area (Å²) >= 11 is 0. The van der Waals surface area contributed by atoms with Crippen LogP contribution in [0.25, 0.3) is 11.3 Å². The number of likely N-dealkylation sites (N-methyl/N-ethyl adjacent to an activating group) is 1. The highest BCUT2D eigenvalue weighted by Crippen LogP contribution is 2.19. The summed E-state index contributed by atoms with van der Waals surface area (Å²) in [5.74, 6) is 1.52. The summed E-state index contributed by atoms with van der Waals surface area (Å²) in [6.45, 7) is 1.05. The number of nitrogens with one attached hydrogen (secondary N) is 2. The first-order chi connectivity index (χ1) is 10.2. The predicted molar refractivity (Wildman–Crippen MR) is 78.6 cm³/mol. The third-order valence-electron chi connectivity index (χ3n) is 3.47. The second-order valence-electron chi connectivity index (χ2n) is 5.64. The Morgan fingerprint density at radius 3 is 2.86 bits per heavy atom. The van der Waals surface area contributed by atoms with Crippen LogP contribution in [0.2, 0.25) is 0 Å². The molecule has 1 atom stereocenters. The van der Waals surface area contributed by atoms with E-state index in [1.165, 1.54) is 0 Å². The van der Waals surface area contributed by atoms with Gasteiger partial charge in [0.1, 0.15) is 0 Å². The zero-order valence-corrected chi connectivity index (χ0v) is 12.1. The number of hydrogen-bond acceptors (Lipinski definition) is 3. The fourth-order valence-electron chi connectivity index (χ4n) is 2.23. The van der Waals surface area contributed by atoms with Crippen molar-refractivity contribution in [2.24, 2.45) is 0 Å². The molecule has 1 unspecified atom stereocenters. The van der Waals surface area contributed by atoms with Crippen LogP contribution in [0.4, 0.5) is 0 Å². The van der Waals surface area contributed by atoms with Crippen molar-refractivity contribution >= 4 is 5.91 Å². The molecule has 0 bridgehead atoms. The number of aromatic nitrogens is 1. The van der Waals surface area contributed by atoms with Gasteiger partial charge in [0.15, 0.2) is 18.8 Å². The van der Waals surface area contributed by atoms with Gasteiger partial charge in [0, 0.05) is 11.6 Å². The maximum absolute atomic E-state index is 11.7. The van der Waals surface area contributed by atoms with Gasteiger partial charge in [-0.3, -0.25) is 4.79 Å². The molecule has 5 heteroatoms. The van der Waals surface area contributed by atoms with Crippen LogP contribution in [0.3, 0.4) is 0 Å². The van der Waals surface area contributed by atoms with E-state index in [1.54, 1.807) is 6.20 Å². The average Bonchev–Trinajstić information content (AvgIpc) is 3.15. The second-order valence-corrected chi connectivity index (χ2v) is 5.64. The molecule has 21 heavy (non-hydrogen) atoms. The maximum Gasteiger partial charge on any atom is 0.275 e. The molecule has 0 spiro atoms. The van der Waals surface area contributed by atoms with Crippen molar-refractivity contribution in [2.45, 2.75) is 25.4 Å². The molecule has 1 aliphatic rings. The first-order valence-electron chi connectivity index (χ1n) is 7.31. The predicted octanol–water partition coefficient (Wildman–Crippen LogP) is 0.635. The molecule has 0 radical (unpaired) electrons. The minimum absolute atomic E-state index is 0.102. The fourth-order valence-corrected chi connectivity index (χ4v) is 2.23. The van der Waals surface area contributed by atoms with E-state index in [1.807, 2.05) is 37.4 Å². The number of benzene rings is 1. The Labute approximate surface area is 124 Å². The van der Waals surface area contributed by atoms with Crippen molar-refractivity contribution in [2.75, 3.05) is 13.6 Å². The topological polar surface area (TPSA) is 59.6 Å². The summed E-state index contributed by atoms with van der Waals surface area (Å²) in [7, 11) is 1.97. The molecule has 1 aromatic carbocycles. The zero-order chi connectivity index (χ0) is 14.7. The van der Waals surface area contributed by atoms with Crippen molar-refractivity contribution in [3.63, 3.8) is 0 Å². The van der Waals surface area contributed by atoms with Gasteiger partial charge in [-0.2, -0.15) is 0 Å². The Hall–Kier alpha value is -2.14. The van der Waals surface area contributed by atoms with Crippen molar-refractivity contribution in [3.05, 3.63) is 42.4 Å². The standard InChI is InChI=1S/C16H19N3O2/c1-19(10-15(20)18-13-7-8-13)11-16-17-9-14(21-16)12-5-3-2-4-6-12/h2-6,9,13H,7-8,10-11H2,1H3,(H,18,20)/p+1. The fraction of sp³-hybridized carbons (Fsp3) is 0.375. The summed E-state index contributed by atoms with van der Waals surface area (Å²) < 4.78 is 5.75. The Morgan fingerprint density at radius 2 is 2.14 bits per heavy atom. The number of nitrogens with zero attached hydrogens (tertiary/aromatic N) is 1. The molecule has 1 saturated carbocycles. The minimum atomic E-state index is 0.102. The number of carbonyl (C=O) groups excluding carboxylic acids is 1. The van der Waals surface area contributed by atoms with Gasteiger partial charge in [-0.1, -0.05) is 30.3 Å². The lowest BCUT2D eigenvalue weighted by atomic mass is 10.2. The second kappa shape index (κ2) is 6.10. The van der Waals surface area contributed by atoms with Crippen LogP contribution in [0.5, 0.6) is 0 Å². The number of oxazole rings is 1. The van der Waals surface area contributed by atoms with Crippen molar-refractivity contribution in [1.82, 2.24) is 10.3 Å². The van der Waals surface area contributed by atoms with Gasteiger partial charge >= 0.3 is 0 Å². The van der Waals surface area contributed by atoms with E-state index in [0.717, 1.165) is 29.1 Å². The molecule has 1 aromatic heterocycles. The van der Waals surface area contributed by atoms with Gasteiger partial charge < -0.3 is 14.6 Å². The average molecular weight is 286 g/mol. The van der Waals surface area contributed by atoms with E-state index in [0.29, 0.717) is 25.0 Å². The smallest absolute Gasteiger partial charge is 0.275 e. The lowest BCUT2D eigenvalue weighted by Crippen LogP contribution is -3.09. The van der Waals surface area contributed by atoms with E-state index >= 15 is 0 Å². The first kappa shape index (κ1) is 13.8. The van der Waals surface area contributed by atoms with Crippen LogP contribution in [-0.4, -0.2) is 30.5 Å². The van der Waals surface area contributed by atoms with Gasteiger partial charge in [-0.25, -0.2) is 4.98 Å². The van der Waals surface area contributed by atoms with Crippen molar-refractivity contribution in [1.29, 1.82) is 0 Å². The Bertz CT molecular complexity index is 605. The molecule has 0 aliphatic heterocycles. The number of amides is 1. The van der Waals surface area contributed by atoms with Gasteiger partial charge in [0.25, 0.3) is 11.8 Å². The quantitative estimate of drug-likeness (QED) is 0.819. The number of carbonyl (C=O) groups is 1. The number of hydrogen-bond donors (Lipinski definition) is 2. The molecule has 2 aromatic rings. The van der Waals surface area contributed by atoms with Gasteiger partial charge in [-0.05, 0) is 12.8 Å². The Balaban J connectivity index is 1.55. The highest BCUT2D eigenvalue weighted by molar-refractivity contribution is 5.77. The summed E-state index contributed by atoms with van der Waals surface area (Å²) in [4.78, 5) is 17.1. The van der Waals surface area contributed by atoms with Crippen molar-refractivity contribution in [3.8, 4) is 11.3 Å². The van der Waals surface area contributed by atoms with E-state index in [4.69, 9.17) is 4.42 Å². The molecule has 110 valence electrons. The largest absolute Gasteiger partial charge is 0.435 e. The maximum atomic E-state index is 11.7. The molecule has 3 rings (SSSR count). The van der Waals surface area contributed by atoms with E-state index in [2.05, 4.69) is 10.3 Å². The summed E-state index contributed by atoms with van der Waals surface area (Å²) in [6.07, 6.45) is 3.97. The van der Waals surface area contributed by atoms with Crippen LogP contribution >= 0.6 is 0 Å². The zero-order valence-electron chi connectivity index (χ0n) is 12.1. The Kier molecular flexibility index (Phi) is 4.01. The number of rotatable bonds is 6. The van der Waals surface area contributed by atoms with Crippen LogP contribution in [0.15, 0.2) is 40.9 Å². The SMILES string of the molecule is C[NH+](CC(=O)NC1CC1)Cc1ncc(-c2ccccc2)o1. The summed E-state index contributed by atoms with van der Waals surface area (Å²) in [6, 6.07) is 10.3. The molecule has 0 saturated heterocycles. The normalized spacial score (nSPS) is 15.7.